The number of amides is 2. The lowest BCUT2D eigenvalue weighted by atomic mass is 9.81. The van der Waals surface area contributed by atoms with Crippen LogP contribution in [0.25, 0.3) is 0 Å². The van der Waals surface area contributed by atoms with E-state index in [1.807, 2.05) is 111 Å². The maximum atomic E-state index is 14.7. The highest BCUT2D eigenvalue weighted by atomic mass is 79.9. The van der Waals surface area contributed by atoms with E-state index in [1.165, 1.54) is 9.80 Å². The van der Waals surface area contributed by atoms with E-state index in [2.05, 4.69) is 42.5 Å². The molecule has 0 saturated carbocycles. The minimum Gasteiger partial charge on any atom is -0.308 e. The molecule has 0 aliphatic carbocycles. The fraction of sp³-hybridized carbons (Fsp3) is 0.235. The molecule has 0 spiro atoms. The Bertz CT molecular complexity index is 1590. The topological polar surface area (TPSA) is 117 Å². The molecule has 4 unspecified atom stereocenters. The van der Waals surface area contributed by atoms with Gasteiger partial charge in [-0.2, -0.15) is 0 Å². The van der Waals surface area contributed by atoms with Crippen molar-refractivity contribution in [3.8, 4) is 0 Å². The van der Waals surface area contributed by atoms with Crippen LogP contribution in [0.3, 0.4) is 0 Å². The summed E-state index contributed by atoms with van der Waals surface area (Å²) in [4.78, 5) is 32.3. The third-order valence-corrected chi connectivity index (χ3v) is 10.1. The van der Waals surface area contributed by atoms with Crippen LogP contribution in [0, 0.1) is 13.8 Å². The maximum absolute atomic E-state index is 14.7. The van der Waals surface area contributed by atoms with Gasteiger partial charge in [0.2, 0.25) is 0 Å². The van der Waals surface area contributed by atoms with Gasteiger partial charge in [-0.25, -0.2) is 0 Å². The number of nitrogens with two attached hydrogens (primary N) is 2. The van der Waals surface area contributed by atoms with Crippen molar-refractivity contribution in [1.29, 1.82) is 0 Å². The average Bonchev–Trinajstić information content (AvgIpc) is 3.35. The zero-order valence-corrected chi connectivity index (χ0v) is 28.0. The molecule has 4 aromatic carbocycles. The van der Waals surface area contributed by atoms with Crippen LogP contribution in [0.5, 0.6) is 0 Å². The molecule has 4 aromatic rings. The van der Waals surface area contributed by atoms with Crippen LogP contribution in [-0.4, -0.2) is 47.3 Å². The second kappa shape index (κ2) is 10.6. The zero-order chi connectivity index (χ0) is 31.7. The van der Waals surface area contributed by atoms with E-state index in [9.17, 15) is 9.59 Å². The SMILES string of the molecule is Cc1cccc(C2(c3cccc(Br)c3)NC(N)(C3(N)NC(c4cccc(C)c4)(c4cccc(Br)c4)C(=O)N3C)N(C)C2=O)c1. The summed E-state index contributed by atoms with van der Waals surface area (Å²) in [6.45, 7) is 3.95. The van der Waals surface area contributed by atoms with E-state index in [0.717, 1.165) is 20.1 Å². The number of rotatable bonds is 5. The Morgan fingerprint density at radius 1 is 0.568 bits per heavy atom. The van der Waals surface area contributed by atoms with Crippen molar-refractivity contribution in [2.24, 2.45) is 11.5 Å². The summed E-state index contributed by atoms with van der Waals surface area (Å²) in [5.41, 5.74) is 16.6. The second-order valence-electron chi connectivity index (χ2n) is 11.8. The number of benzene rings is 4. The molecule has 8 nitrogen and oxygen atoms in total. The molecule has 44 heavy (non-hydrogen) atoms. The van der Waals surface area contributed by atoms with Crippen LogP contribution in [0.1, 0.15) is 33.4 Å². The van der Waals surface area contributed by atoms with Gasteiger partial charge in [0.1, 0.15) is 0 Å². The molecular formula is C34H34Br2N6O2. The van der Waals surface area contributed by atoms with Gasteiger partial charge in [-0.05, 0) is 60.4 Å². The van der Waals surface area contributed by atoms with E-state index < -0.39 is 22.7 Å². The summed E-state index contributed by atoms with van der Waals surface area (Å²) in [6.07, 6.45) is 0. The Kier molecular flexibility index (Phi) is 7.39. The molecule has 0 radical (unpaired) electrons. The van der Waals surface area contributed by atoms with Crippen molar-refractivity contribution >= 4 is 43.7 Å². The highest BCUT2D eigenvalue weighted by Crippen LogP contribution is 2.47. The summed E-state index contributed by atoms with van der Waals surface area (Å²) in [7, 11) is 3.23. The Morgan fingerprint density at radius 2 is 0.886 bits per heavy atom. The van der Waals surface area contributed by atoms with E-state index in [1.54, 1.807) is 14.1 Å². The van der Waals surface area contributed by atoms with E-state index in [4.69, 9.17) is 11.5 Å². The molecule has 4 atom stereocenters. The van der Waals surface area contributed by atoms with Gasteiger partial charge in [0, 0.05) is 23.0 Å². The number of aryl methyl sites for hydroxylation is 2. The lowest BCUT2D eigenvalue weighted by Crippen LogP contribution is -2.85. The van der Waals surface area contributed by atoms with E-state index in [0.29, 0.717) is 22.3 Å². The van der Waals surface area contributed by atoms with Crippen LogP contribution >= 0.6 is 31.9 Å². The van der Waals surface area contributed by atoms with Crippen LogP contribution in [0.15, 0.2) is 106 Å². The molecule has 6 N–H and O–H groups in total. The third-order valence-electron chi connectivity index (χ3n) is 9.06. The fourth-order valence-electron chi connectivity index (χ4n) is 6.69. The van der Waals surface area contributed by atoms with Crippen LogP contribution in [0.4, 0.5) is 0 Å². The Morgan fingerprint density at radius 3 is 1.20 bits per heavy atom. The predicted molar refractivity (Wildman–Crippen MR) is 178 cm³/mol. The summed E-state index contributed by atoms with van der Waals surface area (Å²) >= 11 is 7.16. The first-order valence-electron chi connectivity index (χ1n) is 14.2. The van der Waals surface area contributed by atoms with Gasteiger partial charge in [-0.1, -0.05) is 116 Å². The number of halogens is 2. The van der Waals surface area contributed by atoms with Crippen molar-refractivity contribution in [2.45, 2.75) is 36.5 Å². The van der Waals surface area contributed by atoms with Gasteiger partial charge in [-0.3, -0.25) is 31.7 Å². The number of likely N-dealkylation sites (N-methyl/N-ethyl adjacent to an activating group) is 2. The van der Waals surface area contributed by atoms with Crippen molar-refractivity contribution in [2.75, 3.05) is 14.1 Å². The Hall–Kier alpha value is -3.38. The quantitative estimate of drug-likeness (QED) is 0.244. The molecule has 0 bridgehead atoms. The number of hydrogen-bond donors (Lipinski definition) is 4. The number of carbonyl (C=O) groups is 2. The molecule has 2 aliphatic rings. The fourth-order valence-corrected chi connectivity index (χ4v) is 7.49. The Balaban J connectivity index is 1.58. The number of nitrogens with zero attached hydrogens (tertiary/aromatic N) is 2. The number of nitrogens with one attached hydrogen (secondary N) is 2. The monoisotopic (exact) mass is 716 g/mol. The van der Waals surface area contributed by atoms with Crippen molar-refractivity contribution in [3.05, 3.63) is 139 Å². The smallest absolute Gasteiger partial charge is 0.254 e. The first-order valence-corrected chi connectivity index (χ1v) is 15.8. The molecule has 2 saturated heterocycles. The first kappa shape index (κ1) is 30.6. The molecule has 6 rings (SSSR count). The third kappa shape index (κ3) is 4.23. The van der Waals surface area contributed by atoms with Crippen molar-refractivity contribution < 1.29 is 9.59 Å². The maximum Gasteiger partial charge on any atom is 0.254 e. The summed E-state index contributed by atoms with van der Waals surface area (Å²) in [5.74, 6) is -4.21. The summed E-state index contributed by atoms with van der Waals surface area (Å²) < 4.78 is 1.60. The number of carbonyl (C=O) groups excluding carboxylic acids is 2. The molecule has 0 aromatic heterocycles. The van der Waals surface area contributed by atoms with Crippen LogP contribution < -0.4 is 22.1 Å². The van der Waals surface area contributed by atoms with Gasteiger partial charge >= 0.3 is 0 Å². The van der Waals surface area contributed by atoms with E-state index in [-0.39, 0.29) is 11.8 Å². The normalized spacial score (nSPS) is 28.6. The molecule has 2 fully saturated rings. The van der Waals surface area contributed by atoms with Gasteiger partial charge in [0.15, 0.2) is 22.7 Å². The number of hydrogen-bond acceptors (Lipinski definition) is 6. The Labute approximate surface area is 274 Å². The molecular weight excluding hydrogens is 684 g/mol. The summed E-state index contributed by atoms with van der Waals surface area (Å²) in [6, 6.07) is 30.6. The van der Waals surface area contributed by atoms with Crippen molar-refractivity contribution in [1.82, 2.24) is 20.4 Å². The van der Waals surface area contributed by atoms with Gasteiger partial charge in [0.05, 0.1) is 0 Å². The minimum atomic E-state index is -1.79. The van der Waals surface area contributed by atoms with Crippen LogP contribution in [0.2, 0.25) is 0 Å². The van der Waals surface area contributed by atoms with Crippen LogP contribution in [-0.2, 0) is 20.7 Å². The largest absolute Gasteiger partial charge is 0.308 e. The average molecular weight is 718 g/mol. The first-order chi connectivity index (χ1) is 20.8. The molecule has 10 heteroatoms. The highest BCUT2D eigenvalue weighted by molar-refractivity contribution is 9.10. The molecule has 2 amide bonds. The van der Waals surface area contributed by atoms with Gasteiger partial charge in [0.25, 0.3) is 11.8 Å². The van der Waals surface area contributed by atoms with E-state index >= 15 is 0 Å². The molecule has 2 heterocycles. The lowest BCUT2D eigenvalue weighted by molar-refractivity contribution is -0.142. The second-order valence-corrected chi connectivity index (χ2v) is 13.6. The van der Waals surface area contributed by atoms with Gasteiger partial charge in [-0.15, -0.1) is 0 Å². The van der Waals surface area contributed by atoms with Gasteiger partial charge < -0.3 is 9.80 Å². The predicted octanol–water partition coefficient (Wildman–Crippen LogP) is 4.36. The zero-order valence-electron chi connectivity index (χ0n) is 24.9. The molecule has 226 valence electrons. The minimum absolute atomic E-state index is 0.313. The standard InChI is InChI=1S/C34H34Br2N6O2/c1-21-9-5-11-23(17-21)31(25-13-7-15-27(35)19-25)29(43)41(3)33(37,39-31)34(38)40-32(30(44)42(34)4,24-12-6-10-22(2)18-24)26-14-8-16-28(36)20-26/h5-20,39-40H,37-38H2,1-4H3. The van der Waals surface area contributed by atoms with Crippen molar-refractivity contribution in [3.63, 3.8) is 0 Å². The molecule has 2 aliphatic heterocycles. The summed E-state index contributed by atoms with van der Waals surface area (Å²) in [5, 5.41) is 7.01. The highest BCUT2D eigenvalue weighted by Gasteiger charge is 2.72. The lowest BCUT2D eigenvalue weighted by Gasteiger charge is -2.48.